The number of carbonyl (C=O) groups excluding carboxylic acids is 1. The van der Waals surface area contributed by atoms with Crippen molar-refractivity contribution in [2.24, 2.45) is 5.73 Å². The molecule has 0 aliphatic carbocycles. The van der Waals surface area contributed by atoms with Crippen LogP contribution in [0.4, 0.5) is 13.2 Å². The van der Waals surface area contributed by atoms with Gasteiger partial charge in [-0.15, -0.1) is 13.2 Å². The van der Waals surface area contributed by atoms with E-state index in [0.717, 1.165) is 11.1 Å². The highest BCUT2D eigenvalue weighted by Crippen LogP contribution is 2.28. The van der Waals surface area contributed by atoms with Crippen LogP contribution >= 0.6 is 0 Å². The van der Waals surface area contributed by atoms with Gasteiger partial charge < -0.3 is 10.5 Å². The Balaban J connectivity index is 2.31. The number of primary amides is 1. The normalized spacial score (nSPS) is 11.6. The van der Waals surface area contributed by atoms with E-state index in [1.54, 1.807) is 30.3 Å². The molecule has 22 heavy (non-hydrogen) atoms. The fourth-order valence-corrected chi connectivity index (χ4v) is 1.91. The van der Waals surface area contributed by atoms with Crippen LogP contribution in [-0.4, -0.2) is 12.3 Å². The molecule has 2 aromatic rings. The molecule has 114 valence electrons. The van der Waals surface area contributed by atoms with Crippen LogP contribution in [0.3, 0.4) is 0 Å². The predicted molar refractivity (Wildman–Crippen MR) is 76.8 cm³/mol. The van der Waals surface area contributed by atoms with Crippen molar-refractivity contribution in [3.63, 3.8) is 0 Å². The van der Waals surface area contributed by atoms with Gasteiger partial charge in [0.15, 0.2) is 0 Å². The SMILES string of the molecule is NC(=O)/C=C\c1ccccc1-c1ccc(OC(F)(F)F)cc1. The maximum Gasteiger partial charge on any atom is 0.573 e. The van der Waals surface area contributed by atoms with E-state index in [0.29, 0.717) is 5.56 Å². The van der Waals surface area contributed by atoms with E-state index < -0.39 is 12.3 Å². The highest BCUT2D eigenvalue weighted by Gasteiger charge is 2.30. The second-order valence-corrected chi connectivity index (χ2v) is 4.40. The fraction of sp³-hybridized carbons (Fsp3) is 0.0625. The van der Waals surface area contributed by atoms with Crippen LogP contribution in [0, 0.1) is 0 Å². The van der Waals surface area contributed by atoms with Gasteiger partial charge in [-0.05, 0) is 34.9 Å². The van der Waals surface area contributed by atoms with E-state index >= 15 is 0 Å². The van der Waals surface area contributed by atoms with Crippen LogP contribution in [0.5, 0.6) is 5.75 Å². The van der Waals surface area contributed by atoms with Crippen molar-refractivity contribution in [2.75, 3.05) is 0 Å². The average molecular weight is 307 g/mol. The van der Waals surface area contributed by atoms with Gasteiger partial charge in [0.05, 0.1) is 0 Å². The summed E-state index contributed by atoms with van der Waals surface area (Å²) < 4.78 is 40.2. The molecule has 0 bridgehead atoms. The van der Waals surface area contributed by atoms with Crippen LogP contribution in [0.25, 0.3) is 17.2 Å². The molecule has 6 heteroatoms. The van der Waals surface area contributed by atoms with Gasteiger partial charge in [-0.3, -0.25) is 4.79 Å². The summed E-state index contributed by atoms with van der Waals surface area (Å²) in [6.45, 7) is 0. The van der Waals surface area contributed by atoms with Crippen molar-refractivity contribution < 1.29 is 22.7 Å². The predicted octanol–water partition coefficient (Wildman–Crippen LogP) is 3.75. The highest BCUT2D eigenvalue weighted by atomic mass is 19.4. The molecule has 0 saturated carbocycles. The topological polar surface area (TPSA) is 52.3 Å². The van der Waals surface area contributed by atoms with Crippen molar-refractivity contribution in [3.05, 3.63) is 60.2 Å². The molecule has 0 spiro atoms. The van der Waals surface area contributed by atoms with Crippen molar-refractivity contribution in [1.29, 1.82) is 0 Å². The summed E-state index contributed by atoms with van der Waals surface area (Å²) in [7, 11) is 0. The number of hydrogen-bond donors (Lipinski definition) is 1. The Morgan fingerprint density at radius 3 is 2.27 bits per heavy atom. The van der Waals surface area contributed by atoms with Crippen molar-refractivity contribution in [2.45, 2.75) is 6.36 Å². The molecule has 0 heterocycles. The first-order valence-corrected chi connectivity index (χ1v) is 6.28. The zero-order valence-corrected chi connectivity index (χ0v) is 11.3. The summed E-state index contributed by atoms with van der Waals surface area (Å²) in [6, 6.07) is 12.6. The molecule has 0 fully saturated rings. The van der Waals surface area contributed by atoms with Crippen LogP contribution in [0.15, 0.2) is 54.6 Å². The molecule has 2 N–H and O–H groups in total. The number of halogens is 3. The average Bonchev–Trinajstić information content (AvgIpc) is 2.44. The molecule has 2 aromatic carbocycles. The van der Waals surface area contributed by atoms with Crippen molar-refractivity contribution >= 4 is 12.0 Å². The monoisotopic (exact) mass is 307 g/mol. The molecule has 0 radical (unpaired) electrons. The van der Waals surface area contributed by atoms with Crippen molar-refractivity contribution in [3.8, 4) is 16.9 Å². The Kier molecular flexibility index (Phi) is 4.50. The molecule has 0 aromatic heterocycles. The Morgan fingerprint density at radius 2 is 1.68 bits per heavy atom. The number of nitrogens with two attached hydrogens (primary N) is 1. The number of hydrogen-bond acceptors (Lipinski definition) is 2. The van der Waals surface area contributed by atoms with Crippen molar-refractivity contribution in [1.82, 2.24) is 0 Å². The molecule has 1 amide bonds. The number of alkyl halides is 3. The molecule has 0 saturated heterocycles. The minimum atomic E-state index is -4.72. The van der Waals surface area contributed by atoms with Crippen LogP contribution < -0.4 is 10.5 Å². The van der Waals surface area contributed by atoms with Crippen LogP contribution in [0.2, 0.25) is 0 Å². The van der Waals surface area contributed by atoms with E-state index in [1.165, 1.54) is 30.3 Å². The summed E-state index contributed by atoms with van der Waals surface area (Å²) >= 11 is 0. The van der Waals surface area contributed by atoms with Crippen LogP contribution in [-0.2, 0) is 4.79 Å². The first-order chi connectivity index (χ1) is 10.3. The molecule has 3 nitrogen and oxygen atoms in total. The number of ether oxygens (including phenoxy) is 1. The quantitative estimate of drug-likeness (QED) is 0.875. The number of rotatable bonds is 4. The van der Waals surface area contributed by atoms with Gasteiger partial charge in [0.25, 0.3) is 0 Å². The summed E-state index contributed by atoms with van der Waals surface area (Å²) in [6.07, 6.45) is -1.94. The second-order valence-electron chi connectivity index (χ2n) is 4.40. The van der Waals surface area contributed by atoms with E-state index in [9.17, 15) is 18.0 Å². The minimum Gasteiger partial charge on any atom is -0.406 e. The lowest BCUT2D eigenvalue weighted by molar-refractivity contribution is -0.274. The molecule has 0 aliphatic rings. The summed E-state index contributed by atoms with van der Waals surface area (Å²) in [5.74, 6) is -0.870. The smallest absolute Gasteiger partial charge is 0.406 e. The maximum absolute atomic E-state index is 12.1. The lowest BCUT2D eigenvalue weighted by Gasteiger charge is -2.10. The number of benzene rings is 2. The Bertz CT molecular complexity index is 691. The molecular weight excluding hydrogens is 295 g/mol. The first kappa shape index (κ1) is 15.6. The molecule has 0 unspecified atom stereocenters. The summed E-state index contributed by atoms with van der Waals surface area (Å²) in [5, 5.41) is 0. The zero-order valence-electron chi connectivity index (χ0n) is 11.3. The third-order valence-electron chi connectivity index (χ3n) is 2.79. The second kappa shape index (κ2) is 6.34. The van der Waals surface area contributed by atoms with Gasteiger partial charge in [0, 0.05) is 6.08 Å². The third kappa shape index (κ3) is 4.37. The number of amides is 1. The summed E-state index contributed by atoms with van der Waals surface area (Å²) in [5.41, 5.74) is 7.24. The Hall–Kier alpha value is -2.76. The van der Waals surface area contributed by atoms with E-state index in [2.05, 4.69) is 4.74 Å². The lowest BCUT2D eigenvalue weighted by Crippen LogP contribution is -2.16. The molecular formula is C16H12F3NO2. The van der Waals surface area contributed by atoms with Gasteiger partial charge >= 0.3 is 6.36 Å². The Labute approximate surface area is 124 Å². The van der Waals surface area contributed by atoms with E-state index in [-0.39, 0.29) is 5.75 Å². The largest absolute Gasteiger partial charge is 0.573 e. The third-order valence-corrected chi connectivity index (χ3v) is 2.79. The highest BCUT2D eigenvalue weighted by molar-refractivity contribution is 5.91. The van der Waals surface area contributed by atoms with E-state index in [4.69, 9.17) is 5.73 Å². The van der Waals surface area contributed by atoms with Gasteiger partial charge in [0.2, 0.25) is 5.91 Å². The molecule has 0 aliphatic heterocycles. The Morgan fingerprint density at radius 1 is 1.05 bits per heavy atom. The number of carbonyl (C=O) groups is 1. The minimum absolute atomic E-state index is 0.290. The van der Waals surface area contributed by atoms with Gasteiger partial charge in [-0.1, -0.05) is 36.4 Å². The van der Waals surface area contributed by atoms with Crippen LogP contribution in [0.1, 0.15) is 5.56 Å². The fourth-order valence-electron chi connectivity index (χ4n) is 1.91. The lowest BCUT2D eigenvalue weighted by atomic mass is 9.99. The van der Waals surface area contributed by atoms with E-state index in [1.807, 2.05) is 0 Å². The van der Waals surface area contributed by atoms with Gasteiger partial charge in [-0.25, -0.2) is 0 Å². The standard InChI is InChI=1S/C16H12F3NO2/c17-16(18,19)22-13-8-5-12(6-9-13)14-4-2-1-3-11(14)7-10-15(20)21/h1-10H,(H2,20,21)/b10-7-. The maximum atomic E-state index is 12.1. The van der Waals surface area contributed by atoms with Gasteiger partial charge in [-0.2, -0.15) is 0 Å². The van der Waals surface area contributed by atoms with Gasteiger partial charge in [0.1, 0.15) is 5.75 Å². The molecule has 0 atom stereocenters. The first-order valence-electron chi connectivity index (χ1n) is 6.28. The molecule has 2 rings (SSSR count). The zero-order chi connectivity index (χ0) is 16.2. The summed E-state index contributed by atoms with van der Waals surface area (Å²) in [4.78, 5) is 10.8.